The predicted octanol–water partition coefficient (Wildman–Crippen LogP) is 2.13. The summed E-state index contributed by atoms with van der Waals surface area (Å²) in [6, 6.07) is 5.69. The van der Waals surface area contributed by atoms with Crippen molar-refractivity contribution in [3.8, 4) is 0 Å². The van der Waals surface area contributed by atoms with Crippen LogP contribution in [0.3, 0.4) is 0 Å². The zero-order chi connectivity index (χ0) is 11.8. The Bertz CT molecular complexity index is 536. The second-order valence-corrected chi connectivity index (χ2v) is 4.26. The average molecular weight is 233 g/mol. The van der Waals surface area contributed by atoms with Gasteiger partial charge in [-0.3, -0.25) is 0 Å². The van der Waals surface area contributed by atoms with Crippen LogP contribution in [0.1, 0.15) is 42.1 Å². The maximum absolute atomic E-state index is 13.5. The minimum atomic E-state index is -0.674. The fraction of sp³-hybridized carbons (Fsp3) is 0.333. The van der Waals surface area contributed by atoms with E-state index in [0.29, 0.717) is 23.2 Å². The highest BCUT2D eigenvalue weighted by Crippen LogP contribution is 2.39. The third kappa shape index (κ3) is 1.93. The van der Waals surface area contributed by atoms with Crippen LogP contribution < -0.4 is 5.73 Å². The van der Waals surface area contributed by atoms with Crippen LogP contribution in [0.5, 0.6) is 0 Å². The molecule has 1 unspecified atom stereocenters. The van der Waals surface area contributed by atoms with Crippen molar-refractivity contribution >= 4 is 0 Å². The standard InChI is InChI=1S/C12H12FN3O/c13-9-4-2-1-3-8(9)10(14)11-15-12(17-16-11)7-5-6-7/h1-4,7,10H,5-6,14H2. The predicted molar refractivity (Wildman–Crippen MR) is 58.7 cm³/mol. The lowest BCUT2D eigenvalue weighted by Crippen LogP contribution is -2.15. The highest BCUT2D eigenvalue weighted by Gasteiger charge is 2.30. The van der Waals surface area contributed by atoms with Gasteiger partial charge in [-0.1, -0.05) is 23.4 Å². The normalized spacial score (nSPS) is 17.1. The molecule has 2 N–H and O–H groups in total. The van der Waals surface area contributed by atoms with Gasteiger partial charge >= 0.3 is 0 Å². The van der Waals surface area contributed by atoms with Crippen molar-refractivity contribution in [2.24, 2.45) is 5.73 Å². The Balaban J connectivity index is 1.89. The minimum Gasteiger partial charge on any atom is -0.339 e. The molecule has 0 saturated heterocycles. The van der Waals surface area contributed by atoms with Gasteiger partial charge in [0, 0.05) is 11.5 Å². The van der Waals surface area contributed by atoms with Gasteiger partial charge in [0.1, 0.15) is 5.82 Å². The van der Waals surface area contributed by atoms with E-state index >= 15 is 0 Å². The van der Waals surface area contributed by atoms with Gasteiger partial charge in [0.15, 0.2) is 5.82 Å². The van der Waals surface area contributed by atoms with Gasteiger partial charge in [0.25, 0.3) is 0 Å². The third-order valence-corrected chi connectivity index (χ3v) is 2.90. The Labute approximate surface area is 97.6 Å². The summed E-state index contributed by atoms with van der Waals surface area (Å²) >= 11 is 0. The first-order chi connectivity index (χ1) is 8.25. The van der Waals surface area contributed by atoms with Gasteiger partial charge < -0.3 is 10.3 Å². The van der Waals surface area contributed by atoms with E-state index in [1.54, 1.807) is 18.2 Å². The maximum Gasteiger partial charge on any atom is 0.229 e. The largest absolute Gasteiger partial charge is 0.339 e. The summed E-state index contributed by atoms with van der Waals surface area (Å²) in [6.45, 7) is 0. The van der Waals surface area contributed by atoms with Gasteiger partial charge in [-0.2, -0.15) is 4.98 Å². The van der Waals surface area contributed by atoms with Crippen molar-refractivity contribution in [2.45, 2.75) is 24.8 Å². The van der Waals surface area contributed by atoms with E-state index in [4.69, 9.17) is 10.3 Å². The SMILES string of the molecule is NC(c1noc(C2CC2)n1)c1ccccc1F. The zero-order valence-corrected chi connectivity index (χ0v) is 9.14. The third-order valence-electron chi connectivity index (χ3n) is 2.90. The topological polar surface area (TPSA) is 64.9 Å². The Morgan fingerprint density at radius 3 is 2.82 bits per heavy atom. The second-order valence-electron chi connectivity index (χ2n) is 4.26. The van der Waals surface area contributed by atoms with Crippen molar-refractivity contribution in [3.05, 3.63) is 47.4 Å². The molecular formula is C12H12FN3O. The number of hydrogen-bond acceptors (Lipinski definition) is 4. The molecule has 0 bridgehead atoms. The second kappa shape index (κ2) is 3.92. The fourth-order valence-electron chi connectivity index (χ4n) is 1.74. The van der Waals surface area contributed by atoms with Gasteiger partial charge in [-0.25, -0.2) is 4.39 Å². The average Bonchev–Trinajstić information content (AvgIpc) is 3.07. The molecule has 1 aromatic carbocycles. The van der Waals surface area contributed by atoms with E-state index in [0.717, 1.165) is 12.8 Å². The molecule has 1 aromatic heterocycles. The molecular weight excluding hydrogens is 221 g/mol. The summed E-state index contributed by atoms with van der Waals surface area (Å²) < 4.78 is 18.6. The Morgan fingerprint density at radius 2 is 2.12 bits per heavy atom. The highest BCUT2D eigenvalue weighted by atomic mass is 19.1. The molecule has 4 nitrogen and oxygen atoms in total. The van der Waals surface area contributed by atoms with Crippen LogP contribution in [0.2, 0.25) is 0 Å². The van der Waals surface area contributed by atoms with Crippen molar-refractivity contribution in [2.75, 3.05) is 0 Å². The first kappa shape index (κ1) is 10.4. The summed E-state index contributed by atoms with van der Waals surface area (Å²) in [7, 11) is 0. The molecule has 2 aromatic rings. The number of rotatable bonds is 3. The van der Waals surface area contributed by atoms with E-state index in [1.807, 2.05) is 0 Å². The van der Waals surface area contributed by atoms with Crippen molar-refractivity contribution < 1.29 is 8.91 Å². The number of nitrogens with two attached hydrogens (primary N) is 1. The van der Waals surface area contributed by atoms with E-state index < -0.39 is 6.04 Å². The summed E-state index contributed by atoms with van der Waals surface area (Å²) in [4.78, 5) is 4.22. The maximum atomic E-state index is 13.5. The number of benzene rings is 1. The molecule has 3 rings (SSSR count). The molecule has 1 aliphatic rings. The summed E-state index contributed by atoms with van der Waals surface area (Å²) in [5.74, 6) is 0.991. The first-order valence-corrected chi connectivity index (χ1v) is 5.59. The van der Waals surface area contributed by atoms with Crippen LogP contribution in [-0.2, 0) is 0 Å². The zero-order valence-electron chi connectivity index (χ0n) is 9.14. The van der Waals surface area contributed by atoms with Crippen LogP contribution in [0, 0.1) is 5.82 Å². The first-order valence-electron chi connectivity index (χ1n) is 5.59. The quantitative estimate of drug-likeness (QED) is 0.882. The van der Waals surface area contributed by atoms with Crippen LogP contribution in [0.15, 0.2) is 28.8 Å². The molecule has 0 aliphatic heterocycles. The van der Waals surface area contributed by atoms with Crippen LogP contribution in [-0.4, -0.2) is 10.1 Å². The molecule has 0 spiro atoms. The van der Waals surface area contributed by atoms with Crippen LogP contribution in [0.4, 0.5) is 4.39 Å². The molecule has 0 amide bonds. The van der Waals surface area contributed by atoms with E-state index in [1.165, 1.54) is 6.07 Å². The van der Waals surface area contributed by atoms with Gasteiger partial charge in [-0.15, -0.1) is 0 Å². The van der Waals surface area contributed by atoms with Crippen LogP contribution >= 0.6 is 0 Å². The Morgan fingerprint density at radius 1 is 1.35 bits per heavy atom. The van der Waals surface area contributed by atoms with Gasteiger partial charge in [-0.05, 0) is 18.9 Å². The summed E-state index contributed by atoms with van der Waals surface area (Å²) in [5.41, 5.74) is 6.31. The van der Waals surface area contributed by atoms with Crippen LogP contribution in [0.25, 0.3) is 0 Å². The lowest BCUT2D eigenvalue weighted by molar-refractivity contribution is 0.372. The number of hydrogen-bond donors (Lipinski definition) is 1. The molecule has 1 fully saturated rings. The molecule has 5 heteroatoms. The summed E-state index contributed by atoms with van der Waals surface area (Å²) in [5, 5.41) is 3.82. The molecule has 0 radical (unpaired) electrons. The van der Waals surface area contributed by atoms with Crippen molar-refractivity contribution in [3.63, 3.8) is 0 Å². The number of halogens is 1. The van der Waals surface area contributed by atoms with E-state index in [9.17, 15) is 4.39 Å². The minimum absolute atomic E-state index is 0.344. The number of aromatic nitrogens is 2. The van der Waals surface area contributed by atoms with Crippen molar-refractivity contribution in [1.29, 1.82) is 0 Å². The molecule has 1 saturated carbocycles. The Hall–Kier alpha value is -1.75. The monoisotopic (exact) mass is 233 g/mol. The molecule has 1 heterocycles. The van der Waals surface area contributed by atoms with E-state index in [2.05, 4.69) is 10.1 Å². The smallest absolute Gasteiger partial charge is 0.229 e. The molecule has 1 aliphatic carbocycles. The fourth-order valence-corrected chi connectivity index (χ4v) is 1.74. The summed E-state index contributed by atoms with van der Waals surface area (Å²) in [6.07, 6.45) is 2.16. The molecule has 17 heavy (non-hydrogen) atoms. The van der Waals surface area contributed by atoms with Gasteiger partial charge in [0.05, 0.1) is 6.04 Å². The molecule has 88 valence electrons. The Kier molecular flexibility index (Phi) is 2.40. The molecule has 1 atom stereocenters. The number of nitrogens with zero attached hydrogens (tertiary/aromatic N) is 2. The van der Waals surface area contributed by atoms with E-state index in [-0.39, 0.29) is 5.82 Å². The lowest BCUT2D eigenvalue weighted by Gasteiger charge is -2.07. The highest BCUT2D eigenvalue weighted by molar-refractivity contribution is 5.25. The lowest BCUT2D eigenvalue weighted by atomic mass is 10.1. The van der Waals surface area contributed by atoms with Crippen molar-refractivity contribution in [1.82, 2.24) is 10.1 Å². The van der Waals surface area contributed by atoms with Gasteiger partial charge in [0.2, 0.25) is 5.89 Å².